The first-order valence-electron chi connectivity index (χ1n) is 5.84. The van der Waals surface area contributed by atoms with E-state index in [2.05, 4.69) is 4.84 Å². The van der Waals surface area contributed by atoms with Gasteiger partial charge in [0.05, 0.1) is 20.1 Å². The molecule has 1 atom stereocenters. The van der Waals surface area contributed by atoms with Gasteiger partial charge >= 0.3 is 5.97 Å². The number of fused-ring (bicyclic) bond motifs is 1. The number of ether oxygens (including phenoxy) is 2. The normalized spacial score (nSPS) is 17.8. The van der Waals surface area contributed by atoms with Crippen LogP contribution in [0.25, 0.3) is 0 Å². The molecule has 1 aromatic rings. The predicted octanol–water partition coefficient (Wildman–Crippen LogP) is 1.23. The van der Waals surface area contributed by atoms with Gasteiger partial charge in [-0.25, -0.2) is 0 Å². The molecule has 0 spiro atoms. The van der Waals surface area contributed by atoms with E-state index in [0.29, 0.717) is 12.8 Å². The largest absolute Gasteiger partial charge is 0.496 e. The van der Waals surface area contributed by atoms with Crippen molar-refractivity contribution in [2.75, 3.05) is 14.2 Å². The average Bonchev–Trinajstić information content (AvgIpc) is 2.44. The number of carbonyl (C=O) groups excluding carboxylic acids is 1. The zero-order chi connectivity index (χ0) is 13.1. The van der Waals surface area contributed by atoms with E-state index in [1.807, 2.05) is 12.1 Å². The van der Waals surface area contributed by atoms with Crippen LogP contribution in [0.2, 0.25) is 0 Å². The highest BCUT2D eigenvalue weighted by atomic mass is 16.7. The fourth-order valence-electron chi connectivity index (χ4n) is 2.49. The van der Waals surface area contributed by atoms with Crippen LogP contribution in [-0.4, -0.2) is 20.2 Å². The molecule has 0 radical (unpaired) electrons. The quantitative estimate of drug-likeness (QED) is 0.818. The third kappa shape index (κ3) is 2.13. The van der Waals surface area contributed by atoms with Crippen LogP contribution >= 0.6 is 0 Å². The molecule has 0 bridgehead atoms. The maximum absolute atomic E-state index is 11.5. The van der Waals surface area contributed by atoms with Crippen molar-refractivity contribution in [1.29, 1.82) is 0 Å². The van der Waals surface area contributed by atoms with Gasteiger partial charge in [-0.05, 0) is 31.4 Å². The Labute approximate surface area is 106 Å². The van der Waals surface area contributed by atoms with Crippen molar-refractivity contribution in [3.05, 3.63) is 23.3 Å². The number of rotatable bonds is 3. The first kappa shape index (κ1) is 12.7. The van der Waals surface area contributed by atoms with Crippen molar-refractivity contribution < 1.29 is 19.1 Å². The van der Waals surface area contributed by atoms with Crippen LogP contribution in [0, 0.1) is 5.92 Å². The lowest BCUT2D eigenvalue weighted by Gasteiger charge is -2.25. The standard InChI is InChI=1S/C13H17NO4/c1-16-11-5-6-12(17-2)10-7-8(13(15)18-14)3-4-9(10)11/h5-6,8H,3-4,7,14H2,1-2H3. The zero-order valence-corrected chi connectivity index (χ0v) is 10.6. The van der Waals surface area contributed by atoms with E-state index in [-0.39, 0.29) is 11.9 Å². The van der Waals surface area contributed by atoms with E-state index in [1.165, 1.54) is 0 Å². The molecule has 2 rings (SSSR count). The molecule has 1 aromatic carbocycles. The molecule has 0 saturated heterocycles. The summed E-state index contributed by atoms with van der Waals surface area (Å²) in [6.07, 6.45) is 2.05. The van der Waals surface area contributed by atoms with Gasteiger partial charge in [0, 0.05) is 11.1 Å². The summed E-state index contributed by atoms with van der Waals surface area (Å²) in [5.41, 5.74) is 2.12. The SMILES string of the molecule is COc1ccc(OC)c2c1CCC(C(=O)ON)C2. The first-order chi connectivity index (χ1) is 8.71. The molecule has 18 heavy (non-hydrogen) atoms. The van der Waals surface area contributed by atoms with E-state index < -0.39 is 0 Å². The molecule has 1 aliphatic carbocycles. The fourth-order valence-corrected chi connectivity index (χ4v) is 2.49. The summed E-state index contributed by atoms with van der Waals surface area (Å²) in [6, 6.07) is 3.74. The Balaban J connectivity index is 2.37. The topological polar surface area (TPSA) is 70.8 Å². The van der Waals surface area contributed by atoms with E-state index in [4.69, 9.17) is 15.4 Å². The second-order valence-electron chi connectivity index (χ2n) is 4.30. The van der Waals surface area contributed by atoms with Crippen LogP contribution < -0.4 is 15.4 Å². The summed E-state index contributed by atoms with van der Waals surface area (Å²) < 4.78 is 10.7. The molecule has 1 unspecified atom stereocenters. The Hall–Kier alpha value is -1.75. The van der Waals surface area contributed by atoms with Gasteiger partial charge in [-0.2, -0.15) is 5.90 Å². The minimum Gasteiger partial charge on any atom is -0.496 e. The average molecular weight is 251 g/mol. The summed E-state index contributed by atoms with van der Waals surface area (Å²) in [6.45, 7) is 0. The maximum Gasteiger partial charge on any atom is 0.327 e. The monoisotopic (exact) mass is 251 g/mol. The van der Waals surface area contributed by atoms with Crippen LogP contribution in [0.3, 0.4) is 0 Å². The van der Waals surface area contributed by atoms with Crippen LogP contribution in [0.1, 0.15) is 17.5 Å². The summed E-state index contributed by atoms with van der Waals surface area (Å²) in [5, 5.41) is 0. The molecule has 0 aliphatic heterocycles. The molecule has 0 aromatic heterocycles. The van der Waals surface area contributed by atoms with Crippen molar-refractivity contribution in [2.24, 2.45) is 11.8 Å². The molecule has 5 heteroatoms. The lowest BCUT2D eigenvalue weighted by Crippen LogP contribution is -2.27. The summed E-state index contributed by atoms with van der Waals surface area (Å²) in [7, 11) is 3.26. The highest BCUT2D eigenvalue weighted by Gasteiger charge is 2.29. The highest BCUT2D eigenvalue weighted by Crippen LogP contribution is 2.38. The van der Waals surface area contributed by atoms with Crippen LogP contribution in [0.15, 0.2) is 12.1 Å². The number of nitrogens with two attached hydrogens (primary N) is 1. The maximum atomic E-state index is 11.5. The molecule has 1 aliphatic rings. The summed E-state index contributed by atoms with van der Waals surface area (Å²) in [5.74, 6) is 5.99. The Kier molecular flexibility index (Phi) is 3.72. The van der Waals surface area contributed by atoms with Crippen LogP contribution in [0.5, 0.6) is 11.5 Å². The van der Waals surface area contributed by atoms with Crippen molar-refractivity contribution in [1.82, 2.24) is 0 Å². The number of methoxy groups -OCH3 is 2. The minimum atomic E-state index is -0.370. The predicted molar refractivity (Wildman–Crippen MR) is 65.3 cm³/mol. The Morgan fingerprint density at radius 2 is 1.83 bits per heavy atom. The fraction of sp³-hybridized carbons (Fsp3) is 0.462. The summed E-state index contributed by atoms with van der Waals surface area (Å²) >= 11 is 0. The van der Waals surface area contributed by atoms with Gasteiger partial charge in [0.15, 0.2) is 0 Å². The molecule has 0 heterocycles. The first-order valence-corrected chi connectivity index (χ1v) is 5.84. The minimum absolute atomic E-state index is 0.205. The van der Waals surface area contributed by atoms with Gasteiger partial charge in [-0.15, -0.1) is 0 Å². The molecule has 0 amide bonds. The van der Waals surface area contributed by atoms with Crippen molar-refractivity contribution in [2.45, 2.75) is 19.3 Å². The molecular weight excluding hydrogens is 234 g/mol. The van der Waals surface area contributed by atoms with Gasteiger partial charge in [-0.3, -0.25) is 4.79 Å². The van der Waals surface area contributed by atoms with Gasteiger partial charge in [-0.1, -0.05) is 0 Å². The Morgan fingerprint density at radius 1 is 1.22 bits per heavy atom. The Morgan fingerprint density at radius 3 is 2.39 bits per heavy atom. The zero-order valence-electron chi connectivity index (χ0n) is 10.6. The van der Waals surface area contributed by atoms with E-state index in [1.54, 1.807) is 14.2 Å². The summed E-state index contributed by atoms with van der Waals surface area (Å²) in [4.78, 5) is 15.8. The van der Waals surface area contributed by atoms with Gasteiger partial charge in [0.1, 0.15) is 11.5 Å². The lowest BCUT2D eigenvalue weighted by molar-refractivity contribution is -0.149. The number of benzene rings is 1. The van der Waals surface area contributed by atoms with Crippen molar-refractivity contribution >= 4 is 5.97 Å². The smallest absolute Gasteiger partial charge is 0.327 e. The second-order valence-corrected chi connectivity index (χ2v) is 4.30. The van der Waals surface area contributed by atoms with Gasteiger partial charge in [0.2, 0.25) is 0 Å². The van der Waals surface area contributed by atoms with Gasteiger partial charge < -0.3 is 14.3 Å². The molecule has 5 nitrogen and oxygen atoms in total. The van der Waals surface area contributed by atoms with E-state index in [0.717, 1.165) is 29.0 Å². The van der Waals surface area contributed by atoms with Crippen LogP contribution in [0.4, 0.5) is 0 Å². The van der Waals surface area contributed by atoms with Crippen molar-refractivity contribution in [3.8, 4) is 11.5 Å². The molecule has 2 N–H and O–H groups in total. The second kappa shape index (κ2) is 5.27. The number of hydrogen-bond acceptors (Lipinski definition) is 5. The number of carbonyl (C=O) groups is 1. The third-order valence-electron chi connectivity index (χ3n) is 3.43. The van der Waals surface area contributed by atoms with Gasteiger partial charge in [0.25, 0.3) is 0 Å². The highest BCUT2D eigenvalue weighted by molar-refractivity contribution is 5.73. The molecule has 0 fully saturated rings. The molecular formula is C13H17NO4. The van der Waals surface area contributed by atoms with Crippen LogP contribution in [-0.2, 0) is 22.5 Å². The number of hydrogen-bond donors (Lipinski definition) is 1. The Bertz CT molecular complexity index is 459. The lowest BCUT2D eigenvalue weighted by atomic mass is 9.83. The van der Waals surface area contributed by atoms with E-state index >= 15 is 0 Å². The molecule has 98 valence electrons. The molecule has 0 saturated carbocycles. The van der Waals surface area contributed by atoms with E-state index in [9.17, 15) is 4.79 Å². The van der Waals surface area contributed by atoms with Crippen molar-refractivity contribution in [3.63, 3.8) is 0 Å². The third-order valence-corrected chi connectivity index (χ3v) is 3.43.